The molecule has 1 saturated heterocycles. The molecule has 0 aromatic carbocycles. The molecule has 0 amide bonds. The molecule has 2 nitrogen and oxygen atoms in total. The first-order valence-corrected chi connectivity index (χ1v) is 4.27. The van der Waals surface area contributed by atoms with Gasteiger partial charge < -0.3 is 9.84 Å². The summed E-state index contributed by atoms with van der Waals surface area (Å²) in [7, 11) is 0. The van der Waals surface area contributed by atoms with Gasteiger partial charge in [-0.05, 0) is 12.5 Å². The molecule has 0 saturated carbocycles. The fraction of sp³-hybridized carbons (Fsp3) is 0.714. The molecule has 1 fully saturated rings. The number of epoxide rings is 1. The highest BCUT2D eigenvalue weighted by atomic mass is 79.9. The van der Waals surface area contributed by atoms with Crippen LogP contribution >= 0.6 is 15.9 Å². The van der Waals surface area contributed by atoms with Crippen LogP contribution in [0.2, 0.25) is 0 Å². The van der Waals surface area contributed by atoms with Gasteiger partial charge in [0.05, 0.1) is 10.9 Å². The molecule has 1 heterocycles. The summed E-state index contributed by atoms with van der Waals surface area (Å²) in [6.07, 6.45) is 1.99. The lowest BCUT2D eigenvalue weighted by atomic mass is 9.99. The smallest absolute Gasteiger partial charge is 0.106 e. The zero-order chi connectivity index (χ0) is 7.30. The van der Waals surface area contributed by atoms with E-state index in [0.29, 0.717) is 0 Å². The van der Waals surface area contributed by atoms with Gasteiger partial charge >= 0.3 is 0 Å². The molecule has 4 atom stereocenters. The van der Waals surface area contributed by atoms with Crippen molar-refractivity contribution in [3.8, 4) is 0 Å². The molecule has 2 aliphatic rings. The number of rotatable bonds is 0. The summed E-state index contributed by atoms with van der Waals surface area (Å²) in [6, 6.07) is 0. The summed E-state index contributed by atoms with van der Waals surface area (Å²) < 4.78 is 5.30. The zero-order valence-corrected chi connectivity index (χ0v) is 7.21. The van der Waals surface area contributed by atoms with Crippen molar-refractivity contribution in [3.63, 3.8) is 0 Å². The van der Waals surface area contributed by atoms with Gasteiger partial charge in [0.25, 0.3) is 0 Å². The minimum absolute atomic E-state index is 0.0983. The van der Waals surface area contributed by atoms with Crippen LogP contribution in [0, 0.1) is 0 Å². The fourth-order valence-corrected chi connectivity index (χ4v) is 1.94. The second-order valence-corrected chi connectivity index (χ2v) is 3.92. The van der Waals surface area contributed by atoms with Gasteiger partial charge in [0, 0.05) is 0 Å². The summed E-state index contributed by atoms with van der Waals surface area (Å²) in [5.74, 6) is 0. The Morgan fingerprint density at radius 1 is 1.70 bits per heavy atom. The van der Waals surface area contributed by atoms with Gasteiger partial charge in [-0.25, -0.2) is 0 Å². The third-order valence-electron chi connectivity index (χ3n) is 2.05. The number of fused-ring (bicyclic) bond motifs is 1. The first-order chi connectivity index (χ1) is 4.70. The number of alkyl halides is 1. The summed E-state index contributed by atoms with van der Waals surface area (Å²) in [6.45, 7) is 1.99. The molecule has 0 bridgehead atoms. The van der Waals surface area contributed by atoms with Gasteiger partial charge in [0.15, 0.2) is 0 Å². The van der Waals surface area contributed by atoms with Gasteiger partial charge in [-0.3, -0.25) is 0 Å². The quantitative estimate of drug-likeness (QED) is 0.361. The van der Waals surface area contributed by atoms with Crippen molar-refractivity contribution in [2.24, 2.45) is 0 Å². The van der Waals surface area contributed by atoms with E-state index in [9.17, 15) is 5.11 Å². The lowest BCUT2D eigenvalue weighted by Crippen LogP contribution is -2.29. The Kier molecular flexibility index (Phi) is 1.41. The Labute approximate surface area is 68.0 Å². The number of hydrogen-bond acceptors (Lipinski definition) is 2. The van der Waals surface area contributed by atoms with E-state index >= 15 is 0 Å². The predicted molar refractivity (Wildman–Crippen MR) is 41.1 cm³/mol. The maximum atomic E-state index is 9.34. The molecular formula is C7H9BrO2. The van der Waals surface area contributed by atoms with E-state index in [1.165, 1.54) is 0 Å². The Morgan fingerprint density at radius 2 is 2.40 bits per heavy atom. The first kappa shape index (κ1) is 6.83. The highest BCUT2D eigenvalue weighted by Gasteiger charge is 2.50. The Bertz CT molecular complexity index is 190. The van der Waals surface area contributed by atoms with Crippen molar-refractivity contribution in [1.29, 1.82) is 0 Å². The Hall–Kier alpha value is 0.140. The number of aliphatic hydroxyl groups is 1. The van der Waals surface area contributed by atoms with Gasteiger partial charge in [-0.1, -0.05) is 22.0 Å². The molecule has 1 aliphatic heterocycles. The van der Waals surface area contributed by atoms with Gasteiger partial charge in [0.1, 0.15) is 12.2 Å². The molecule has 0 aromatic heterocycles. The van der Waals surface area contributed by atoms with Crippen molar-refractivity contribution in [3.05, 3.63) is 11.6 Å². The lowest BCUT2D eigenvalue weighted by Gasteiger charge is -2.16. The molecule has 0 unspecified atom stereocenters. The molecule has 0 radical (unpaired) electrons. The standard InChI is InChI=1S/C7H9BrO2/c1-3-2-4(9)5(8)7-6(3)10-7/h2,4-7,9H,1H3/t4-,5+,6-,7+/m1/s1. The summed E-state index contributed by atoms with van der Waals surface area (Å²) in [5, 5.41) is 9.34. The van der Waals surface area contributed by atoms with E-state index in [0.717, 1.165) is 5.57 Å². The van der Waals surface area contributed by atoms with Gasteiger partial charge in [-0.2, -0.15) is 0 Å². The van der Waals surface area contributed by atoms with E-state index in [1.807, 2.05) is 13.0 Å². The molecule has 0 aromatic rings. The second kappa shape index (κ2) is 2.06. The average Bonchev–Trinajstić information content (AvgIpc) is 2.61. The van der Waals surface area contributed by atoms with Crippen molar-refractivity contribution in [2.45, 2.75) is 30.1 Å². The lowest BCUT2D eigenvalue weighted by molar-refractivity contribution is 0.206. The number of aliphatic hydroxyl groups excluding tert-OH is 1. The van der Waals surface area contributed by atoms with Crippen molar-refractivity contribution < 1.29 is 9.84 Å². The largest absolute Gasteiger partial charge is 0.388 e. The first-order valence-electron chi connectivity index (χ1n) is 3.36. The predicted octanol–water partition coefficient (Wildman–Crippen LogP) is 0.838. The number of halogens is 1. The summed E-state index contributed by atoms with van der Waals surface area (Å²) in [5.41, 5.74) is 1.16. The SMILES string of the molecule is CC1=C[C@@H](O)[C@H](Br)[C@@H]2O[C@H]12. The van der Waals surface area contributed by atoms with Gasteiger partial charge in [-0.15, -0.1) is 0 Å². The Balaban J connectivity index is 2.22. The van der Waals surface area contributed by atoms with Crippen molar-refractivity contribution in [2.75, 3.05) is 0 Å². The molecule has 10 heavy (non-hydrogen) atoms. The highest BCUT2D eigenvalue weighted by Crippen LogP contribution is 2.40. The van der Waals surface area contributed by atoms with Crippen LogP contribution in [-0.4, -0.2) is 28.2 Å². The Morgan fingerprint density at radius 3 is 3.10 bits per heavy atom. The number of ether oxygens (including phenoxy) is 1. The van der Waals surface area contributed by atoms with Crippen LogP contribution in [-0.2, 0) is 4.74 Å². The van der Waals surface area contributed by atoms with Gasteiger partial charge in [0.2, 0.25) is 0 Å². The van der Waals surface area contributed by atoms with Crippen LogP contribution in [0.3, 0.4) is 0 Å². The summed E-state index contributed by atoms with van der Waals surface area (Å²) >= 11 is 3.37. The van der Waals surface area contributed by atoms with E-state index in [1.54, 1.807) is 0 Å². The van der Waals surface area contributed by atoms with Crippen LogP contribution in [0.25, 0.3) is 0 Å². The maximum Gasteiger partial charge on any atom is 0.106 e. The van der Waals surface area contributed by atoms with Crippen molar-refractivity contribution >= 4 is 15.9 Å². The molecule has 3 heteroatoms. The van der Waals surface area contributed by atoms with Crippen LogP contribution in [0.5, 0.6) is 0 Å². The molecule has 2 rings (SSSR count). The van der Waals surface area contributed by atoms with Crippen LogP contribution in [0.15, 0.2) is 11.6 Å². The third kappa shape index (κ3) is 0.847. The van der Waals surface area contributed by atoms with E-state index in [4.69, 9.17) is 4.74 Å². The fourth-order valence-electron chi connectivity index (χ4n) is 1.38. The summed E-state index contributed by atoms with van der Waals surface area (Å²) in [4.78, 5) is 0.0983. The van der Waals surface area contributed by atoms with E-state index < -0.39 is 0 Å². The normalized spacial score (nSPS) is 51.7. The zero-order valence-electron chi connectivity index (χ0n) is 5.62. The molecule has 1 aliphatic carbocycles. The minimum Gasteiger partial charge on any atom is -0.388 e. The topological polar surface area (TPSA) is 32.8 Å². The van der Waals surface area contributed by atoms with Crippen LogP contribution < -0.4 is 0 Å². The number of hydrogen-bond donors (Lipinski definition) is 1. The van der Waals surface area contributed by atoms with E-state index in [-0.39, 0.29) is 23.1 Å². The molecular weight excluding hydrogens is 196 g/mol. The third-order valence-corrected chi connectivity index (χ3v) is 3.11. The maximum absolute atomic E-state index is 9.34. The average molecular weight is 205 g/mol. The molecule has 1 N–H and O–H groups in total. The van der Waals surface area contributed by atoms with Crippen LogP contribution in [0.1, 0.15) is 6.92 Å². The second-order valence-electron chi connectivity index (χ2n) is 2.87. The minimum atomic E-state index is -0.372. The molecule has 56 valence electrons. The monoisotopic (exact) mass is 204 g/mol. The highest BCUT2D eigenvalue weighted by molar-refractivity contribution is 9.09. The van der Waals surface area contributed by atoms with E-state index in [2.05, 4.69) is 15.9 Å². The molecule has 0 spiro atoms. The van der Waals surface area contributed by atoms with Crippen molar-refractivity contribution in [1.82, 2.24) is 0 Å². The van der Waals surface area contributed by atoms with Crippen LogP contribution in [0.4, 0.5) is 0 Å².